The summed E-state index contributed by atoms with van der Waals surface area (Å²) in [5.41, 5.74) is 2.01. The van der Waals surface area contributed by atoms with E-state index >= 15 is 0 Å². The summed E-state index contributed by atoms with van der Waals surface area (Å²) >= 11 is 6.44. The van der Waals surface area contributed by atoms with Crippen LogP contribution in [0.3, 0.4) is 0 Å². The van der Waals surface area contributed by atoms with E-state index in [9.17, 15) is 8.42 Å². The molecule has 0 N–H and O–H groups in total. The lowest BCUT2D eigenvalue weighted by Gasteiger charge is -2.24. The van der Waals surface area contributed by atoms with Crippen LogP contribution in [-0.4, -0.2) is 32.8 Å². The van der Waals surface area contributed by atoms with Crippen molar-refractivity contribution in [2.24, 2.45) is 5.10 Å². The molecule has 0 spiro atoms. The molecule has 8 heteroatoms. The Labute approximate surface area is 186 Å². The smallest absolute Gasteiger partial charge is 0.279 e. The second kappa shape index (κ2) is 8.61. The van der Waals surface area contributed by atoms with Crippen LogP contribution in [0.1, 0.15) is 23.6 Å². The zero-order valence-corrected chi connectivity index (χ0v) is 18.6. The van der Waals surface area contributed by atoms with Crippen LogP contribution >= 0.6 is 11.6 Å². The fourth-order valence-corrected chi connectivity index (χ4v) is 5.24. The van der Waals surface area contributed by atoms with Crippen LogP contribution in [0.2, 0.25) is 5.02 Å². The van der Waals surface area contributed by atoms with Crippen molar-refractivity contribution in [3.63, 3.8) is 0 Å². The third-order valence-electron chi connectivity index (χ3n) is 5.11. The standard InChI is InChI=1S/C23H21ClN2O4S/c1-29-17-12-16(13-18(14-17)30-2)22-15-23(20-10-6-7-11-21(20)24)26(25-22)31(27,28)19-8-4-3-5-9-19/h3-14,23H,15H2,1-2H3. The Hall–Kier alpha value is -3.03. The molecule has 0 fully saturated rings. The molecule has 3 aromatic rings. The predicted octanol–water partition coefficient (Wildman–Crippen LogP) is 4.90. The average Bonchev–Trinajstić information content (AvgIpc) is 3.26. The van der Waals surface area contributed by atoms with Crippen molar-refractivity contribution >= 4 is 27.3 Å². The molecule has 4 rings (SSSR count). The molecular formula is C23H21ClN2O4S. The summed E-state index contributed by atoms with van der Waals surface area (Å²) in [6.45, 7) is 0. The highest BCUT2D eigenvalue weighted by molar-refractivity contribution is 7.89. The Morgan fingerprint density at radius 2 is 1.55 bits per heavy atom. The lowest BCUT2D eigenvalue weighted by molar-refractivity contribution is 0.371. The first-order chi connectivity index (χ1) is 14.9. The van der Waals surface area contributed by atoms with Crippen molar-refractivity contribution in [3.05, 3.63) is 88.9 Å². The maximum absolute atomic E-state index is 13.5. The Balaban J connectivity index is 1.84. The van der Waals surface area contributed by atoms with Gasteiger partial charge in [0.15, 0.2) is 0 Å². The first-order valence-electron chi connectivity index (χ1n) is 9.59. The third kappa shape index (κ3) is 4.11. The van der Waals surface area contributed by atoms with Crippen LogP contribution in [0, 0.1) is 0 Å². The van der Waals surface area contributed by atoms with Gasteiger partial charge in [-0.3, -0.25) is 0 Å². The van der Waals surface area contributed by atoms with Gasteiger partial charge in [0.1, 0.15) is 11.5 Å². The predicted molar refractivity (Wildman–Crippen MR) is 120 cm³/mol. The number of ether oxygens (including phenoxy) is 2. The second-order valence-electron chi connectivity index (χ2n) is 6.98. The SMILES string of the molecule is COc1cc(OC)cc(C2=NN(S(=O)(=O)c3ccccc3)C(c3ccccc3Cl)C2)c1. The van der Waals surface area contributed by atoms with Gasteiger partial charge in [-0.15, -0.1) is 0 Å². The van der Waals surface area contributed by atoms with E-state index in [4.69, 9.17) is 21.1 Å². The number of halogens is 1. The zero-order chi connectivity index (χ0) is 22.0. The number of methoxy groups -OCH3 is 2. The number of nitrogens with zero attached hydrogens (tertiary/aromatic N) is 2. The van der Waals surface area contributed by atoms with Gasteiger partial charge in [0.2, 0.25) is 0 Å². The number of hydrazone groups is 1. The molecule has 1 aliphatic heterocycles. The van der Waals surface area contributed by atoms with E-state index in [1.807, 2.05) is 30.3 Å². The van der Waals surface area contributed by atoms with Crippen LogP contribution in [0.4, 0.5) is 0 Å². The number of benzene rings is 3. The molecule has 1 aliphatic rings. The summed E-state index contributed by atoms with van der Waals surface area (Å²) in [5, 5.41) is 5.03. The minimum Gasteiger partial charge on any atom is -0.497 e. The van der Waals surface area contributed by atoms with Crippen LogP contribution in [0.15, 0.2) is 82.8 Å². The lowest BCUT2D eigenvalue weighted by Crippen LogP contribution is -2.27. The molecule has 0 amide bonds. The number of sulfonamides is 1. The Morgan fingerprint density at radius 3 is 2.16 bits per heavy atom. The molecule has 0 aromatic heterocycles. The third-order valence-corrected chi connectivity index (χ3v) is 7.15. The maximum Gasteiger partial charge on any atom is 0.279 e. The Kier molecular flexibility index (Phi) is 5.89. The monoisotopic (exact) mass is 456 g/mol. The van der Waals surface area contributed by atoms with Gasteiger partial charge in [-0.05, 0) is 35.9 Å². The van der Waals surface area contributed by atoms with Crippen molar-refractivity contribution in [2.75, 3.05) is 14.2 Å². The minimum absolute atomic E-state index is 0.167. The summed E-state index contributed by atoms with van der Waals surface area (Å²) in [4.78, 5) is 0.167. The van der Waals surface area contributed by atoms with Gasteiger partial charge >= 0.3 is 0 Å². The second-order valence-corrected chi connectivity index (χ2v) is 9.18. The van der Waals surface area contributed by atoms with E-state index in [0.29, 0.717) is 34.2 Å². The summed E-state index contributed by atoms with van der Waals surface area (Å²) in [5.74, 6) is 1.19. The van der Waals surface area contributed by atoms with Crippen LogP contribution < -0.4 is 9.47 Å². The molecule has 0 bridgehead atoms. The zero-order valence-electron chi connectivity index (χ0n) is 17.0. The first kappa shape index (κ1) is 21.2. The van der Waals surface area contributed by atoms with Gasteiger partial charge in [0.25, 0.3) is 10.0 Å². The normalized spacial score (nSPS) is 16.2. The number of rotatable bonds is 6. The fraction of sp³-hybridized carbons (Fsp3) is 0.174. The molecule has 1 atom stereocenters. The quantitative estimate of drug-likeness (QED) is 0.529. The molecule has 1 unspecified atom stereocenters. The van der Waals surface area contributed by atoms with Crippen molar-refractivity contribution in [3.8, 4) is 11.5 Å². The number of hydrogen-bond donors (Lipinski definition) is 0. The van der Waals surface area contributed by atoms with Crippen LogP contribution in [-0.2, 0) is 10.0 Å². The molecule has 3 aromatic carbocycles. The summed E-state index contributed by atoms with van der Waals surface area (Å²) in [6, 6.07) is 20.3. The Morgan fingerprint density at radius 1 is 0.935 bits per heavy atom. The molecule has 0 radical (unpaired) electrons. The molecule has 31 heavy (non-hydrogen) atoms. The fourth-order valence-electron chi connectivity index (χ4n) is 3.54. The largest absolute Gasteiger partial charge is 0.497 e. The molecule has 0 aliphatic carbocycles. The van der Waals surface area contributed by atoms with Crippen LogP contribution in [0.5, 0.6) is 11.5 Å². The van der Waals surface area contributed by atoms with E-state index in [0.717, 1.165) is 9.98 Å². The maximum atomic E-state index is 13.5. The van der Waals surface area contributed by atoms with Crippen LogP contribution in [0.25, 0.3) is 0 Å². The molecule has 6 nitrogen and oxygen atoms in total. The molecule has 1 heterocycles. The van der Waals surface area contributed by atoms with Gasteiger partial charge in [-0.25, -0.2) is 0 Å². The van der Waals surface area contributed by atoms with E-state index in [1.165, 1.54) is 0 Å². The minimum atomic E-state index is -3.90. The van der Waals surface area contributed by atoms with Crippen molar-refractivity contribution in [2.45, 2.75) is 17.4 Å². The highest BCUT2D eigenvalue weighted by Crippen LogP contribution is 2.40. The molecule has 160 valence electrons. The lowest BCUT2D eigenvalue weighted by atomic mass is 9.99. The first-order valence-corrected chi connectivity index (χ1v) is 11.4. The van der Waals surface area contributed by atoms with Gasteiger partial charge < -0.3 is 9.47 Å². The Bertz CT molecular complexity index is 1210. The summed E-state index contributed by atoms with van der Waals surface area (Å²) < 4.78 is 38.8. The molecule has 0 saturated heterocycles. The van der Waals surface area contributed by atoms with Gasteiger partial charge in [-0.2, -0.15) is 17.9 Å². The number of hydrogen-bond acceptors (Lipinski definition) is 5. The van der Waals surface area contributed by atoms with Crippen molar-refractivity contribution < 1.29 is 17.9 Å². The molecule has 0 saturated carbocycles. The van der Waals surface area contributed by atoms with E-state index < -0.39 is 16.1 Å². The molecular weight excluding hydrogens is 436 g/mol. The van der Waals surface area contributed by atoms with E-state index in [2.05, 4.69) is 5.10 Å². The summed E-state index contributed by atoms with van der Waals surface area (Å²) in [6.07, 6.45) is 0.353. The topological polar surface area (TPSA) is 68.2 Å². The average molecular weight is 457 g/mol. The van der Waals surface area contributed by atoms with Gasteiger partial charge in [-0.1, -0.05) is 48.0 Å². The van der Waals surface area contributed by atoms with E-state index in [-0.39, 0.29) is 4.90 Å². The van der Waals surface area contributed by atoms with Gasteiger partial charge in [0, 0.05) is 23.1 Å². The van der Waals surface area contributed by atoms with E-state index in [1.54, 1.807) is 56.7 Å². The van der Waals surface area contributed by atoms with Crippen molar-refractivity contribution in [1.82, 2.24) is 4.41 Å². The van der Waals surface area contributed by atoms with Crippen molar-refractivity contribution in [1.29, 1.82) is 0 Å². The highest BCUT2D eigenvalue weighted by Gasteiger charge is 2.38. The van der Waals surface area contributed by atoms with Gasteiger partial charge in [0.05, 0.1) is 30.9 Å². The summed E-state index contributed by atoms with van der Waals surface area (Å²) in [7, 11) is -0.774. The highest BCUT2D eigenvalue weighted by atomic mass is 35.5.